The van der Waals surface area contributed by atoms with E-state index in [9.17, 15) is 9.59 Å². The van der Waals surface area contributed by atoms with Gasteiger partial charge in [0.1, 0.15) is 5.82 Å². The van der Waals surface area contributed by atoms with Crippen molar-refractivity contribution >= 4 is 34.5 Å². The first kappa shape index (κ1) is 18.6. The third kappa shape index (κ3) is 4.22. The molecule has 0 saturated heterocycles. The van der Waals surface area contributed by atoms with Gasteiger partial charge in [-0.25, -0.2) is 4.98 Å². The molecule has 29 heavy (non-hydrogen) atoms. The van der Waals surface area contributed by atoms with Crippen LogP contribution in [-0.2, 0) is 0 Å². The van der Waals surface area contributed by atoms with Gasteiger partial charge < -0.3 is 10.6 Å². The van der Waals surface area contributed by atoms with E-state index in [1.807, 2.05) is 30.5 Å². The van der Waals surface area contributed by atoms with E-state index in [1.165, 1.54) is 11.3 Å². The highest BCUT2D eigenvalue weighted by atomic mass is 32.1. The fourth-order valence-electron chi connectivity index (χ4n) is 2.75. The van der Waals surface area contributed by atoms with E-state index in [1.54, 1.807) is 42.5 Å². The Morgan fingerprint density at radius 1 is 0.931 bits per heavy atom. The molecule has 144 valence electrons. The fourth-order valence-corrected chi connectivity index (χ4v) is 3.37. The number of benzene rings is 2. The highest BCUT2D eigenvalue weighted by Crippen LogP contribution is 2.21. The van der Waals surface area contributed by atoms with Crippen molar-refractivity contribution in [2.24, 2.45) is 0 Å². The zero-order chi connectivity index (χ0) is 20.2. The van der Waals surface area contributed by atoms with Crippen molar-refractivity contribution in [3.8, 4) is 11.4 Å². The van der Waals surface area contributed by atoms with Gasteiger partial charge in [-0.05, 0) is 54.8 Å². The Morgan fingerprint density at radius 3 is 2.41 bits per heavy atom. The molecule has 8 heteroatoms. The van der Waals surface area contributed by atoms with Gasteiger partial charge in [0.05, 0.1) is 16.1 Å². The smallest absolute Gasteiger partial charge is 0.265 e. The van der Waals surface area contributed by atoms with Crippen molar-refractivity contribution in [2.45, 2.75) is 6.92 Å². The van der Waals surface area contributed by atoms with E-state index >= 15 is 0 Å². The molecular formula is C21H17N5O2S. The summed E-state index contributed by atoms with van der Waals surface area (Å²) in [5.74, 6) is 0.778. The summed E-state index contributed by atoms with van der Waals surface area (Å²) >= 11 is 1.34. The minimum Gasteiger partial charge on any atom is -0.322 e. The Balaban J connectivity index is 1.49. The Hall–Kier alpha value is -3.78. The highest BCUT2D eigenvalue weighted by molar-refractivity contribution is 7.12. The maximum absolute atomic E-state index is 12.8. The van der Waals surface area contributed by atoms with E-state index in [0.717, 1.165) is 11.4 Å². The largest absolute Gasteiger partial charge is 0.322 e. The molecule has 0 aliphatic rings. The molecule has 2 aromatic heterocycles. The lowest BCUT2D eigenvalue weighted by Crippen LogP contribution is -2.17. The first-order valence-corrected chi connectivity index (χ1v) is 9.73. The van der Waals surface area contributed by atoms with Crippen LogP contribution in [0.15, 0.2) is 66.0 Å². The third-order valence-electron chi connectivity index (χ3n) is 4.16. The van der Waals surface area contributed by atoms with Crippen molar-refractivity contribution in [1.29, 1.82) is 0 Å². The lowest BCUT2D eigenvalue weighted by Gasteiger charge is -2.11. The van der Waals surface area contributed by atoms with Gasteiger partial charge in [-0.2, -0.15) is 5.10 Å². The first-order chi connectivity index (χ1) is 14.1. The van der Waals surface area contributed by atoms with Gasteiger partial charge in [0.15, 0.2) is 5.82 Å². The summed E-state index contributed by atoms with van der Waals surface area (Å²) in [7, 11) is 0. The van der Waals surface area contributed by atoms with Crippen molar-refractivity contribution in [2.75, 3.05) is 10.6 Å². The lowest BCUT2D eigenvalue weighted by atomic mass is 10.1. The predicted molar refractivity (Wildman–Crippen MR) is 113 cm³/mol. The number of aromatic nitrogens is 3. The maximum atomic E-state index is 12.8. The molecule has 0 fully saturated rings. The van der Waals surface area contributed by atoms with Gasteiger partial charge in [0.25, 0.3) is 11.8 Å². The number of carbonyl (C=O) groups excluding carboxylic acids is 2. The summed E-state index contributed by atoms with van der Waals surface area (Å²) < 4.78 is 0. The van der Waals surface area contributed by atoms with Crippen LogP contribution in [0, 0.1) is 6.92 Å². The van der Waals surface area contributed by atoms with Crippen LogP contribution in [0.5, 0.6) is 0 Å². The van der Waals surface area contributed by atoms with Crippen LogP contribution < -0.4 is 10.6 Å². The molecule has 4 rings (SSSR count). The van der Waals surface area contributed by atoms with E-state index < -0.39 is 0 Å². The molecule has 2 amide bonds. The second-order valence-electron chi connectivity index (χ2n) is 6.25. The molecule has 0 unspecified atom stereocenters. The number of hydrogen-bond donors (Lipinski definition) is 3. The molecule has 4 aromatic rings. The molecule has 3 N–H and O–H groups in total. The minimum absolute atomic E-state index is 0.244. The van der Waals surface area contributed by atoms with Crippen molar-refractivity contribution in [3.63, 3.8) is 0 Å². The predicted octanol–water partition coefficient (Wildman–Crippen LogP) is 4.35. The standard InChI is InChI=1S/C21H17N5O2S/c1-13-22-19(26-25-13)14-8-10-15(11-9-14)23-20(27)16-5-2-3-6-17(16)24-21(28)18-7-4-12-29-18/h2-12H,1H3,(H,23,27)(H,24,28)(H,22,25,26). The summed E-state index contributed by atoms with van der Waals surface area (Å²) in [6.45, 7) is 1.83. The van der Waals surface area contributed by atoms with Crippen LogP contribution >= 0.6 is 11.3 Å². The van der Waals surface area contributed by atoms with Crippen LogP contribution in [0.1, 0.15) is 25.9 Å². The van der Waals surface area contributed by atoms with Gasteiger partial charge in [-0.1, -0.05) is 18.2 Å². The molecule has 0 bridgehead atoms. The Bertz CT molecular complexity index is 1150. The van der Waals surface area contributed by atoms with Gasteiger partial charge in [-0.3, -0.25) is 14.7 Å². The molecule has 7 nitrogen and oxygen atoms in total. The second kappa shape index (κ2) is 8.07. The Morgan fingerprint density at radius 2 is 1.72 bits per heavy atom. The number of aryl methyl sites for hydroxylation is 1. The topological polar surface area (TPSA) is 99.8 Å². The summed E-state index contributed by atoms with van der Waals surface area (Å²) in [5.41, 5.74) is 2.31. The quantitative estimate of drug-likeness (QED) is 0.461. The molecule has 0 radical (unpaired) electrons. The molecule has 0 spiro atoms. The summed E-state index contributed by atoms with van der Waals surface area (Å²) in [6.07, 6.45) is 0. The van der Waals surface area contributed by atoms with E-state index in [2.05, 4.69) is 25.8 Å². The summed E-state index contributed by atoms with van der Waals surface area (Å²) in [6, 6.07) is 17.7. The number of nitrogens with zero attached hydrogens (tertiary/aromatic N) is 2. The van der Waals surface area contributed by atoms with E-state index in [0.29, 0.717) is 27.6 Å². The average Bonchev–Trinajstić information content (AvgIpc) is 3.41. The Kier molecular flexibility index (Phi) is 5.17. The number of hydrogen-bond acceptors (Lipinski definition) is 5. The zero-order valence-corrected chi connectivity index (χ0v) is 16.3. The van der Waals surface area contributed by atoms with Gasteiger partial charge >= 0.3 is 0 Å². The van der Waals surface area contributed by atoms with Crippen LogP contribution in [-0.4, -0.2) is 27.0 Å². The van der Waals surface area contributed by atoms with Crippen molar-refractivity contribution in [1.82, 2.24) is 15.2 Å². The number of nitrogens with one attached hydrogen (secondary N) is 3. The van der Waals surface area contributed by atoms with Crippen molar-refractivity contribution in [3.05, 3.63) is 82.3 Å². The number of aromatic amines is 1. The van der Waals surface area contributed by atoms with Gasteiger partial charge in [0.2, 0.25) is 0 Å². The molecule has 0 aliphatic carbocycles. The molecular weight excluding hydrogens is 386 g/mol. The Labute approximate surface area is 170 Å². The maximum Gasteiger partial charge on any atom is 0.265 e. The van der Waals surface area contributed by atoms with E-state index in [4.69, 9.17) is 0 Å². The van der Waals surface area contributed by atoms with Gasteiger partial charge in [-0.15, -0.1) is 11.3 Å². The number of H-pyrrole nitrogens is 1. The summed E-state index contributed by atoms with van der Waals surface area (Å²) in [5, 5.41) is 14.4. The molecule has 0 aliphatic heterocycles. The number of para-hydroxylation sites is 1. The van der Waals surface area contributed by atoms with Crippen molar-refractivity contribution < 1.29 is 9.59 Å². The SMILES string of the molecule is Cc1nc(-c2ccc(NC(=O)c3ccccc3NC(=O)c3cccs3)cc2)n[nH]1. The van der Waals surface area contributed by atoms with Crippen LogP contribution in [0.25, 0.3) is 11.4 Å². The number of rotatable bonds is 5. The average molecular weight is 403 g/mol. The number of carbonyl (C=O) groups is 2. The monoisotopic (exact) mass is 403 g/mol. The normalized spacial score (nSPS) is 10.5. The molecule has 2 heterocycles. The third-order valence-corrected chi connectivity index (χ3v) is 5.03. The van der Waals surface area contributed by atoms with Gasteiger partial charge in [0, 0.05) is 11.3 Å². The second-order valence-corrected chi connectivity index (χ2v) is 7.20. The lowest BCUT2D eigenvalue weighted by molar-refractivity contribution is 0.102. The number of amides is 2. The number of anilines is 2. The van der Waals surface area contributed by atoms with E-state index in [-0.39, 0.29) is 11.8 Å². The minimum atomic E-state index is -0.312. The summed E-state index contributed by atoms with van der Waals surface area (Å²) in [4.78, 5) is 30.0. The molecule has 2 aromatic carbocycles. The zero-order valence-electron chi connectivity index (χ0n) is 15.5. The molecule has 0 atom stereocenters. The number of thiophene rings is 1. The van der Waals surface area contributed by atoms with Crippen LogP contribution in [0.4, 0.5) is 11.4 Å². The fraction of sp³-hybridized carbons (Fsp3) is 0.0476. The van der Waals surface area contributed by atoms with Crippen LogP contribution in [0.2, 0.25) is 0 Å². The van der Waals surface area contributed by atoms with Crippen LogP contribution in [0.3, 0.4) is 0 Å². The first-order valence-electron chi connectivity index (χ1n) is 8.85. The molecule has 0 saturated carbocycles. The highest BCUT2D eigenvalue weighted by Gasteiger charge is 2.15.